The van der Waals surface area contributed by atoms with Crippen molar-refractivity contribution in [3.8, 4) is 11.5 Å². The SMILES string of the molecule is COc1cc(CF)cc(CC2CCCCN2)c1OC. The van der Waals surface area contributed by atoms with Gasteiger partial charge in [-0.15, -0.1) is 0 Å². The van der Waals surface area contributed by atoms with Crippen molar-refractivity contribution in [2.45, 2.75) is 38.4 Å². The van der Waals surface area contributed by atoms with Crippen molar-refractivity contribution in [3.05, 3.63) is 23.3 Å². The van der Waals surface area contributed by atoms with E-state index in [0.29, 0.717) is 17.4 Å². The summed E-state index contributed by atoms with van der Waals surface area (Å²) in [4.78, 5) is 0. The summed E-state index contributed by atoms with van der Waals surface area (Å²) in [5, 5.41) is 3.50. The predicted molar refractivity (Wildman–Crippen MR) is 73.7 cm³/mol. The van der Waals surface area contributed by atoms with Gasteiger partial charge in [0.2, 0.25) is 0 Å². The Kier molecular flexibility index (Phi) is 5.02. The summed E-state index contributed by atoms with van der Waals surface area (Å²) < 4.78 is 23.7. The molecule has 0 radical (unpaired) electrons. The first-order chi connectivity index (χ1) is 9.28. The number of methoxy groups -OCH3 is 2. The van der Waals surface area contributed by atoms with Crippen molar-refractivity contribution in [3.63, 3.8) is 0 Å². The monoisotopic (exact) mass is 267 g/mol. The van der Waals surface area contributed by atoms with Crippen molar-refractivity contribution in [2.75, 3.05) is 20.8 Å². The van der Waals surface area contributed by atoms with E-state index in [9.17, 15) is 4.39 Å². The summed E-state index contributed by atoms with van der Waals surface area (Å²) in [7, 11) is 3.22. The van der Waals surface area contributed by atoms with Crippen LogP contribution in [0.5, 0.6) is 11.5 Å². The van der Waals surface area contributed by atoms with Gasteiger partial charge in [-0.1, -0.05) is 6.42 Å². The minimum absolute atomic E-state index is 0.446. The van der Waals surface area contributed by atoms with Crippen molar-refractivity contribution in [1.29, 1.82) is 0 Å². The number of rotatable bonds is 5. The molecule has 106 valence electrons. The third-order valence-electron chi connectivity index (χ3n) is 3.65. The van der Waals surface area contributed by atoms with Crippen LogP contribution in [0.2, 0.25) is 0 Å². The van der Waals surface area contributed by atoms with Crippen LogP contribution in [0.1, 0.15) is 30.4 Å². The maximum Gasteiger partial charge on any atom is 0.163 e. The van der Waals surface area contributed by atoms with E-state index < -0.39 is 6.67 Å². The van der Waals surface area contributed by atoms with Gasteiger partial charge in [-0.05, 0) is 49.1 Å². The lowest BCUT2D eigenvalue weighted by molar-refractivity contribution is 0.344. The van der Waals surface area contributed by atoms with Crippen LogP contribution in [0.3, 0.4) is 0 Å². The Bertz CT molecular complexity index is 417. The third-order valence-corrected chi connectivity index (χ3v) is 3.65. The first-order valence-corrected chi connectivity index (χ1v) is 6.81. The first kappa shape index (κ1) is 14.1. The first-order valence-electron chi connectivity index (χ1n) is 6.81. The highest BCUT2D eigenvalue weighted by Crippen LogP contribution is 2.34. The standard InChI is InChI=1S/C15H22FNO2/c1-18-14-8-11(10-16)7-12(15(14)19-2)9-13-5-3-4-6-17-13/h7-8,13,17H,3-6,9-10H2,1-2H3. The zero-order valence-corrected chi connectivity index (χ0v) is 11.7. The molecule has 1 aliphatic heterocycles. The molecule has 1 saturated heterocycles. The van der Waals surface area contributed by atoms with Gasteiger partial charge in [0.25, 0.3) is 0 Å². The van der Waals surface area contributed by atoms with Gasteiger partial charge in [-0.25, -0.2) is 4.39 Å². The molecule has 1 unspecified atom stereocenters. The highest BCUT2D eigenvalue weighted by atomic mass is 19.1. The van der Waals surface area contributed by atoms with Gasteiger partial charge in [0.1, 0.15) is 6.67 Å². The van der Waals surface area contributed by atoms with Crippen molar-refractivity contribution >= 4 is 0 Å². The van der Waals surface area contributed by atoms with Crippen LogP contribution < -0.4 is 14.8 Å². The van der Waals surface area contributed by atoms with Gasteiger partial charge < -0.3 is 14.8 Å². The summed E-state index contributed by atoms with van der Waals surface area (Å²) >= 11 is 0. The van der Waals surface area contributed by atoms with Gasteiger partial charge in [-0.3, -0.25) is 0 Å². The molecule has 0 spiro atoms. The molecule has 0 amide bonds. The molecule has 0 bridgehead atoms. The number of ether oxygens (including phenoxy) is 2. The Morgan fingerprint density at radius 1 is 1.26 bits per heavy atom. The molecular weight excluding hydrogens is 245 g/mol. The van der Waals surface area contributed by atoms with Gasteiger partial charge >= 0.3 is 0 Å². The lowest BCUT2D eigenvalue weighted by Gasteiger charge is -2.25. The summed E-state index contributed by atoms with van der Waals surface area (Å²) in [6, 6.07) is 4.04. The molecule has 1 aliphatic rings. The Hall–Kier alpha value is -1.29. The number of hydrogen-bond donors (Lipinski definition) is 1. The minimum atomic E-state index is -0.481. The van der Waals surface area contributed by atoms with Gasteiger partial charge in [0.05, 0.1) is 14.2 Å². The summed E-state index contributed by atoms with van der Waals surface area (Å²) in [5.74, 6) is 1.34. The summed E-state index contributed by atoms with van der Waals surface area (Å²) in [6.07, 6.45) is 4.50. The fraction of sp³-hybridized carbons (Fsp3) is 0.600. The van der Waals surface area contributed by atoms with Crippen LogP contribution in [0.25, 0.3) is 0 Å². The molecule has 1 heterocycles. The normalized spacial score (nSPS) is 19.2. The van der Waals surface area contributed by atoms with E-state index in [1.165, 1.54) is 12.8 Å². The molecule has 0 aromatic heterocycles. The van der Waals surface area contributed by atoms with Crippen molar-refractivity contribution in [2.24, 2.45) is 0 Å². The Morgan fingerprint density at radius 3 is 2.68 bits per heavy atom. The molecule has 2 rings (SSSR count). The van der Waals surface area contributed by atoms with E-state index in [4.69, 9.17) is 9.47 Å². The Balaban J connectivity index is 2.25. The topological polar surface area (TPSA) is 30.5 Å². The van der Waals surface area contributed by atoms with Gasteiger partial charge in [0, 0.05) is 6.04 Å². The molecule has 1 atom stereocenters. The Morgan fingerprint density at radius 2 is 2.11 bits per heavy atom. The molecule has 3 nitrogen and oxygen atoms in total. The quantitative estimate of drug-likeness (QED) is 0.890. The van der Waals surface area contributed by atoms with Crippen LogP contribution in [0, 0.1) is 0 Å². The summed E-state index contributed by atoms with van der Waals surface area (Å²) in [6.45, 7) is 0.582. The number of hydrogen-bond acceptors (Lipinski definition) is 3. The van der Waals surface area contributed by atoms with Crippen LogP contribution in [-0.4, -0.2) is 26.8 Å². The zero-order valence-electron chi connectivity index (χ0n) is 11.7. The van der Waals surface area contributed by atoms with Crippen LogP contribution >= 0.6 is 0 Å². The molecule has 0 aliphatic carbocycles. The fourth-order valence-electron chi connectivity index (χ4n) is 2.70. The molecule has 1 aromatic rings. The average molecular weight is 267 g/mol. The molecule has 19 heavy (non-hydrogen) atoms. The van der Waals surface area contributed by atoms with E-state index in [1.54, 1.807) is 20.3 Å². The van der Waals surface area contributed by atoms with E-state index in [0.717, 1.165) is 30.7 Å². The third kappa shape index (κ3) is 3.38. The fourth-order valence-corrected chi connectivity index (χ4v) is 2.70. The summed E-state index contributed by atoms with van der Waals surface area (Å²) in [5.41, 5.74) is 1.66. The second-order valence-electron chi connectivity index (χ2n) is 4.98. The lowest BCUT2D eigenvalue weighted by atomic mass is 9.96. The second kappa shape index (κ2) is 6.75. The minimum Gasteiger partial charge on any atom is -0.493 e. The van der Waals surface area contributed by atoms with E-state index >= 15 is 0 Å². The molecule has 0 saturated carbocycles. The van der Waals surface area contributed by atoms with E-state index in [2.05, 4.69) is 5.32 Å². The highest BCUT2D eigenvalue weighted by molar-refractivity contribution is 5.49. The highest BCUT2D eigenvalue weighted by Gasteiger charge is 2.18. The molecule has 1 fully saturated rings. The number of halogens is 1. The van der Waals surface area contributed by atoms with Gasteiger partial charge in [-0.2, -0.15) is 0 Å². The largest absolute Gasteiger partial charge is 0.493 e. The lowest BCUT2D eigenvalue weighted by Crippen LogP contribution is -2.35. The van der Waals surface area contributed by atoms with Crippen LogP contribution in [0.15, 0.2) is 12.1 Å². The maximum absolute atomic E-state index is 12.9. The zero-order chi connectivity index (χ0) is 13.7. The Labute approximate surface area is 114 Å². The van der Waals surface area contributed by atoms with Crippen molar-refractivity contribution < 1.29 is 13.9 Å². The van der Waals surface area contributed by atoms with Gasteiger partial charge in [0.15, 0.2) is 11.5 Å². The molecule has 1 N–H and O–H groups in total. The second-order valence-corrected chi connectivity index (χ2v) is 4.98. The molecular formula is C15H22FNO2. The number of benzene rings is 1. The number of piperidine rings is 1. The average Bonchev–Trinajstić information content (AvgIpc) is 2.47. The predicted octanol–water partition coefficient (Wildman–Crippen LogP) is 2.86. The number of alkyl halides is 1. The smallest absolute Gasteiger partial charge is 0.163 e. The molecule has 4 heteroatoms. The number of nitrogens with one attached hydrogen (secondary N) is 1. The van der Waals surface area contributed by atoms with Crippen LogP contribution in [-0.2, 0) is 13.1 Å². The maximum atomic E-state index is 12.9. The molecule has 1 aromatic carbocycles. The van der Waals surface area contributed by atoms with Crippen molar-refractivity contribution in [1.82, 2.24) is 5.32 Å². The van der Waals surface area contributed by atoms with E-state index in [1.807, 2.05) is 6.07 Å². The van der Waals surface area contributed by atoms with Crippen LogP contribution in [0.4, 0.5) is 4.39 Å². The van der Waals surface area contributed by atoms with E-state index in [-0.39, 0.29) is 0 Å².